The molecule has 4 nitrogen and oxygen atoms in total. The molecular weight excluding hydrogens is 296 g/mol. The Morgan fingerprint density at radius 1 is 1.25 bits per heavy atom. The topological polar surface area (TPSA) is 46.4 Å². The van der Waals surface area contributed by atoms with Gasteiger partial charge in [0, 0.05) is 34.8 Å². The van der Waals surface area contributed by atoms with E-state index in [1.54, 1.807) is 23.9 Å². The maximum absolute atomic E-state index is 10.8. The number of anilines is 1. The first kappa shape index (κ1) is 14.7. The maximum atomic E-state index is 10.8. The Balaban J connectivity index is 2.01. The predicted octanol–water partition coefficient (Wildman–Crippen LogP) is 4.43. The Kier molecular flexibility index (Phi) is 4.87. The first-order chi connectivity index (χ1) is 9.56. The van der Waals surface area contributed by atoms with Crippen LogP contribution in [0.1, 0.15) is 0 Å². The summed E-state index contributed by atoms with van der Waals surface area (Å²) in [7, 11) is 1.90. The lowest BCUT2D eigenvalue weighted by molar-refractivity contribution is -0.384. The van der Waals surface area contributed by atoms with E-state index in [0.29, 0.717) is 10.9 Å². The Labute approximate surface area is 126 Å². The highest BCUT2D eigenvalue weighted by Gasteiger charge is 2.08. The highest BCUT2D eigenvalue weighted by atomic mass is 35.5. The molecule has 0 atom stereocenters. The van der Waals surface area contributed by atoms with Crippen LogP contribution < -0.4 is 4.90 Å². The fraction of sp³-hybridized carbons (Fsp3) is 0.143. The smallest absolute Gasteiger partial charge is 0.271 e. The molecule has 0 radical (unpaired) electrons. The third kappa shape index (κ3) is 3.88. The summed E-state index contributed by atoms with van der Waals surface area (Å²) in [5, 5.41) is 11.5. The van der Waals surface area contributed by atoms with Crippen molar-refractivity contribution in [1.29, 1.82) is 0 Å². The third-order valence-corrected chi connectivity index (χ3v) is 4.09. The minimum absolute atomic E-state index is 0.103. The van der Waals surface area contributed by atoms with Gasteiger partial charge >= 0.3 is 0 Å². The molecule has 0 N–H and O–H groups in total. The van der Waals surface area contributed by atoms with Crippen LogP contribution in [-0.2, 0) is 0 Å². The Hall–Kier alpha value is -1.72. The molecule has 0 bridgehead atoms. The number of hydrogen-bond acceptors (Lipinski definition) is 4. The third-order valence-electron chi connectivity index (χ3n) is 2.72. The first-order valence-corrected chi connectivity index (χ1v) is 7.26. The second kappa shape index (κ2) is 6.63. The fourth-order valence-corrected chi connectivity index (χ4v) is 2.57. The van der Waals surface area contributed by atoms with Crippen molar-refractivity contribution >= 4 is 34.7 Å². The molecular formula is C14H13ClN2O2S. The molecule has 0 aliphatic heterocycles. The molecule has 0 amide bonds. The number of rotatable bonds is 5. The number of hydrogen-bond donors (Lipinski definition) is 0. The molecule has 2 aromatic carbocycles. The molecule has 104 valence electrons. The summed E-state index contributed by atoms with van der Waals surface area (Å²) in [4.78, 5) is 13.4. The van der Waals surface area contributed by atoms with E-state index in [2.05, 4.69) is 0 Å². The molecule has 6 heteroatoms. The Bertz CT molecular complexity index is 604. The molecule has 0 heterocycles. The highest BCUT2D eigenvalue weighted by molar-refractivity contribution is 7.99. The van der Waals surface area contributed by atoms with E-state index in [1.807, 2.05) is 42.3 Å². The van der Waals surface area contributed by atoms with Crippen molar-refractivity contribution in [3.8, 4) is 0 Å². The fourth-order valence-electron chi connectivity index (χ4n) is 1.62. The summed E-state index contributed by atoms with van der Waals surface area (Å²) in [5.74, 6) is 0.697. The van der Waals surface area contributed by atoms with Gasteiger partial charge in [0.15, 0.2) is 0 Å². The van der Waals surface area contributed by atoms with Crippen LogP contribution in [0, 0.1) is 10.1 Å². The number of benzene rings is 2. The van der Waals surface area contributed by atoms with Crippen LogP contribution in [0.3, 0.4) is 0 Å². The van der Waals surface area contributed by atoms with Crippen LogP contribution in [0.2, 0.25) is 5.02 Å². The van der Waals surface area contributed by atoms with Crippen LogP contribution in [0.15, 0.2) is 53.4 Å². The molecule has 0 saturated carbocycles. The molecule has 2 aromatic rings. The van der Waals surface area contributed by atoms with Crippen molar-refractivity contribution < 1.29 is 4.92 Å². The molecule has 0 fully saturated rings. The standard InChI is InChI=1S/C14H13ClN2O2S/c1-16(10-20-14-7-5-11(15)6-8-14)12-3-2-4-13(9-12)17(18)19/h2-9H,10H2,1H3. The summed E-state index contributed by atoms with van der Waals surface area (Å²) >= 11 is 7.48. The summed E-state index contributed by atoms with van der Waals surface area (Å²) in [6.45, 7) is 0. The van der Waals surface area contributed by atoms with Gasteiger partial charge in [0.25, 0.3) is 5.69 Å². The van der Waals surface area contributed by atoms with Gasteiger partial charge in [-0.2, -0.15) is 0 Å². The average Bonchev–Trinajstić information content (AvgIpc) is 2.46. The normalized spacial score (nSPS) is 10.3. The minimum atomic E-state index is -0.385. The average molecular weight is 309 g/mol. The number of nitro benzene ring substituents is 1. The van der Waals surface area contributed by atoms with Crippen molar-refractivity contribution in [3.05, 3.63) is 63.7 Å². The quantitative estimate of drug-likeness (QED) is 0.355. The first-order valence-electron chi connectivity index (χ1n) is 5.90. The van der Waals surface area contributed by atoms with Crippen LogP contribution >= 0.6 is 23.4 Å². The Morgan fingerprint density at radius 3 is 2.60 bits per heavy atom. The zero-order valence-electron chi connectivity index (χ0n) is 10.8. The van der Waals surface area contributed by atoms with Crippen molar-refractivity contribution in [3.63, 3.8) is 0 Å². The molecule has 0 spiro atoms. The van der Waals surface area contributed by atoms with Gasteiger partial charge in [0.2, 0.25) is 0 Å². The van der Waals surface area contributed by atoms with E-state index in [1.165, 1.54) is 6.07 Å². The lowest BCUT2D eigenvalue weighted by Crippen LogP contribution is -2.15. The second-order valence-corrected chi connectivity index (χ2v) is 5.66. The van der Waals surface area contributed by atoms with E-state index in [0.717, 1.165) is 10.6 Å². The van der Waals surface area contributed by atoms with Crippen LogP contribution in [0.5, 0.6) is 0 Å². The molecule has 0 saturated heterocycles. The number of nitrogens with zero attached hydrogens (tertiary/aromatic N) is 2. The summed E-state index contributed by atoms with van der Waals surface area (Å²) in [5.41, 5.74) is 0.923. The van der Waals surface area contributed by atoms with E-state index < -0.39 is 0 Å². The number of halogens is 1. The molecule has 0 aliphatic rings. The number of thioether (sulfide) groups is 1. The van der Waals surface area contributed by atoms with Gasteiger partial charge in [-0.3, -0.25) is 10.1 Å². The second-order valence-electron chi connectivity index (χ2n) is 4.20. The molecule has 2 rings (SSSR count). The highest BCUT2D eigenvalue weighted by Crippen LogP contribution is 2.25. The van der Waals surface area contributed by atoms with Crippen LogP contribution in [0.4, 0.5) is 11.4 Å². The van der Waals surface area contributed by atoms with Gasteiger partial charge in [-0.15, -0.1) is 11.8 Å². The molecule has 0 aromatic heterocycles. The van der Waals surface area contributed by atoms with Crippen molar-refractivity contribution in [2.45, 2.75) is 4.90 Å². The van der Waals surface area contributed by atoms with E-state index in [9.17, 15) is 10.1 Å². The van der Waals surface area contributed by atoms with Crippen molar-refractivity contribution in [2.24, 2.45) is 0 Å². The zero-order valence-corrected chi connectivity index (χ0v) is 12.4. The van der Waals surface area contributed by atoms with Crippen LogP contribution in [0.25, 0.3) is 0 Å². The summed E-state index contributed by atoms with van der Waals surface area (Å²) in [6.07, 6.45) is 0. The number of non-ortho nitro benzene ring substituents is 1. The van der Waals surface area contributed by atoms with Gasteiger partial charge < -0.3 is 4.90 Å². The van der Waals surface area contributed by atoms with Gasteiger partial charge in [-0.05, 0) is 30.3 Å². The molecule has 0 aliphatic carbocycles. The maximum Gasteiger partial charge on any atom is 0.271 e. The van der Waals surface area contributed by atoms with Crippen molar-refractivity contribution in [1.82, 2.24) is 0 Å². The zero-order chi connectivity index (χ0) is 14.5. The molecule has 20 heavy (non-hydrogen) atoms. The lowest BCUT2D eigenvalue weighted by Gasteiger charge is -2.18. The van der Waals surface area contributed by atoms with E-state index in [-0.39, 0.29) is 10.6 Å². The van der Waals surface area contributed by atoms with Gasteiger partial charge in [-0.1, -0.05) is 17.7 Å². The molecule has 0 unspecified atom stereocenters. The number of nitro groups is 1. The van der Waals surface area contributed by atoms with Crippen molar-refractivity contribution in [2.75, 3.05) is 17.8 Å². The summed E-state index contributed by atoms with van der Waals surface area (Å²) < 4.78 is 0. The van der Waals surface area contributed by atoms with E-state index >= 15 is 0 Å². The van der Waals surface area contributed by atoms with E-state index in [4.69, 9.17) is 11.6 Å². The Morgan fingerprint density at radius 2 is 1.95 bits per heavy atom. The van der Waals surface area contributed by atoms with Gasteiger partial charge in [0.05, 0.1) is 10.8 Å². The van der Waals surface area contributed by atoms with Crippen LogP contribution in [-0.4, -0.2) is 17.8 Å². The minimum Gasteiger partial charge on any atom is -0.365 e. The van der Waals surface area contributed by atoms with Gasteiger partial charge in [-0.25, -0.2) is 0 Å². The van der Waals surface area contributed by atoms with Gasteiger partial charge in [0.1, 0.15) is 0 Å². The predicted molar refractivity (Wildman–Crippen MR) is 83.7 cm³/mol. The monoisotopic (exact) mass is 308 g/mol. The SMILES string of the molecule is CN(CSc1ccc(Cl)cc1)c1cccc([N+](=O)[O-])c1. The lowest BCUT2D eigenvalue weighted by atomic mass is 10.3. The largest absolute Gasteiger partial charge is 0.365 e. The summed E-state index contributed by atoms with van der Waals surface area (Å²) in [6, 6.07) is 14.2.